The molecule has 26 N–H and O–H groups in total. The van der Waals surface area contributed by atoms with Crippen LogP contribution in [0.2, 0.25) is 0 Å². The van der Waals surface area contributed by atoms with Gasteiger partial charge >= 0.3 is 5.97 Å². The number of aliphatic hydroxyl groups is 2. The first-order valence-corrected chi connectivity index (χ1v) is 47.3. The molecule has 44 nitrogen and oxygen atoms in total. The minimum Gasteiger partial charge on any atom is -0.481 e. The number of nitrogens with one attached hydrogen (secondary N) is 17. The van der Waals surface area contributed by atoms with Crippen molar-refractivity contribution in [3.8, 4) is 0 Å². The molecule has 4 heterocycles. The number of rotatable bonds is 52. The summed E-state index contributed by atoms with van der Waals surface area (Å²) in [6.45, 7) is 0.0628. The highest BCUT2D eigenvalue weighted by Crippen LogP contribution is 2.24. The molecular formula is C88H134N22O22S. The number of aliphatic hydroxyl groups excluding tert-OH is 2. The third-order valence-corrected chi connectivity index (χ3v) is 24.0. The maximum atomic E-state index is 15.3. The number of nitrogens with zero attached hydrogens (tertiary/aromatic N) is 2. The van der Waals surface area contributed by atoms with E-state index in [-0.39, 0.29) is 102 Å². The highest BCUT2D eigenvalue weighted by Gasteiger charge is 2.44. The van der Waals surface area contributed by atoms with Crippen molar-refractivity contribution in [2.75, 3.05) is 45.1 Å². The van der Waals surface area contributed by atoms with Gasteiger partial charge in [-0.05, 0) is 94.7 Å². The van der Waals surface area contributed by atoms with Crippen molar-refractivity contribution in [2.45, 2.75) is 292 Å². The van der Waals surface area contributed by atoms with Crippen LogP contribution in [0, 0.1) is 5.41 Å². The van der Waals surface area contributed by atoms with Crippen LogP contribution in [-0.4, -0.2) is 268 Å². The molecule has 0 aliphatic carbocycles. The molecule has 0 bridgehead atoms. The van der Waals surface area contributed by atoms with Crippen molar-refractivity contribution in [3.05, 3.63) is 90.1 Å². The van der Waals surface area contributed by atoms with Crippen LogP contribution in [0.15, 0.2) is 73.3 Å². The molecule has 0 saturated carbocycles. The topological polar surface area (TPSA) is 703 Å². The zero-order valence-electron chi connectivity index (χ0n) is 75.6. The fraction of sp³-hybridized carbons (Fsp3) is 0.602. The number of sulfonamides is 1. The van der Waals surface area contributed by atoms with Gasteiger partial charge in [0.1, 0.15) is 60.4 Å². The van der Waals surface area contributed by atoms with Gasteiger partial charge in [0.05, 0.1) is 43.1 Å². The first kappa shape index (κ1) is 109. The van der Waals surface area contributed by atoms with Gasteiger partial charge in [0.25, 0.3) is 0 Å². The van der Waals surface area contributed by atoms with Crippen molar-refractivity contribution >= 4 is 127 Å². The third kappa shape index (κ3) is 40.6. The minimum absolute atomic E-state index is 0.0157. The summed E-state index contributed by atoms with van der Waals surface area (Å²) in [5, 5.41) is 72.3. The number of carboxylic acid groups (broad SMARTS) is 1. The predicted molar refractivity (Wildman–Crippen MR) is 486 cm³/mol. The maximum absolute atomic E-state index is 15.3. The molecule has 2 fully saturated rings. The number of carboxylic acids is 1. The fourth-order valence-electron chi connectivity index (χ4n) is 15.3. The summed E-state index contributed by atoms with van der Waals surface area (Å²) in [4.78, 5) is 246. The lowest BCUT2D eigenvalue weighted by Gasteiger charge is -2.31. The van der Waals surface area contributed by atoms with E-state index in [0.29, 0.717) is 30.4 Å². The first-order valence-electron chi connectivity index (χ1n) is 45.6. The summed E-state index contributed by atoms with van der Waals surface area (Å²) in [5.74, 6) is -16.3. The number of carbonyl (C=O) groups is 17. The average molecular weight is 1880 g/mol. The fourth-order valence-corrected chi connectivity index (χ4v) is 16.3. The van der Waals surface area contributed by atoms with Gasteiger partial charge in [0, 0.05) is 107 Å². The van der Waals surface area contributed by atoms with Crippen molar-refractivity contribution in [3.63, 3.8) is 0 Å². The second-order valence-corrected chi connectivity index (χ2v) is 35.3. The average Bonchev–Trinajstić information content (AvgIpc) is 1.81. The van der Waals surface area contributed by atoms with Gasteiger partial charge < -0.3 is 117 Å². The standard InChI is InChI=1S/C88H134N22O22S/c1-3-4-29-62(102-84(127)69(47-89)108-83(126)68(45-57-49-93-53-98-57)106-80(123)64(36-38-72(90)114)103-85(128)70(52-111)99-76(118)50-97-73(115)34-25-42-133(131,132)109-75(117)33-18-13-11-9-7-5-6-8-10-12-14-19-35-77(119)120)78(121)104-65-37-39-74(116)94-40-23-22-30-60(54(2)112)100-82(125)67(44-56-48-96-61-31-21-20-28-59(56)61)105-79(122)63(32-24-41-95-88(91)92)101-81(124)66(43-55-26-16-15-17-27-55)107-86(129)71-46-58(113)51-110(71)87(65)130/h15-17,20-21,26-28,31,48-49,53,58,60,62-71,96,111,113H,3-14,18-19,22-25,29-30,32-47,50-52,89H2,1-2H3,(H2,90,114)(H,93,98)(H,94,116)(H,97,115)(H,99,118)(H,100,125)(H,101,124)(H,102,127)(H,103,128)(H,104,121)(H,105,122)(H,106,123)(H,107,129)(H,108,126)(H,109,117)(H,119,120)(H4,91,92,95)/t58-,60+,62+,63+,64+,65+,66-,67+,68+,69+,70+,71+/m1/s1. The SMILES string of the molecule is CCCC[C@H](NC(=O)[C@H](CN)NC(=O)[C@H](Cc1c[nH]cn1)NC(=O)[C@H](CCC(N)=O)NC(=O)[C@H](CO)NC(=O)CNC(=O)CCCS(=O)(=O)NC(=O)CCCCCCCCCCCCCCC(=O)O)C(=O)N[C@H]1CCC(=O)NCCCC[C@@H](C(C)=O)NC(=O)[C@H](Cc2c[nH]c3ccccc23)NC(=O)[C@H](CCCNC(=N)N)NC(=O)[C@@H](Cc2ccccc2)NC(=O)[C@@H]2C[C@@H](O)CN2C1=O. The summed E-state index contributed by atoms with van der Waals surface area (Å²) in [5.41, 5.74) is 19.2. The predicted octanol–water partition coefficient (Wildman–Crippen LogP) is -2.04. The summed E-state index contributed by atoms with van der Waals surface area (Å²) >= 11 is 0. The molecule has 6 rings (SSSR count). The number of primary amides is 1. The van der Waals surface area contributed by atoms with Gasteiger partial charge in [0.2, 0.25) is 98.6 Å². The molecular weight excluding hydrogens is 1750 g/mol. The van der Waals surface area contributed by atoms with Crippen LogP contribution < -0.4 is 91.0 Å². The van der Waals surface area contributed by atoms with Crippen LogP contribution in [0.25, 0.3) is 10.9 Å². The lowest BCUT2D eigenvalue weighted by molar-refractivity contribution is -0.143. The number of Topliss-reactive ketones (excluding diaryl/α,β-unsaturated/α-hetero) is 1. The Hall–Kier alpha value is -12.5. The Bertz CT molecular complexity index is 4660. The first-order chi connectivity index (χ1) is 63.6. The Balaban J connectivity index is 1.13. The van der Waals surface area contributed by atoms with Gasteiger partial charge in [-0.3, -0.25) is 91.6 Å². The number of H-pyrrole nitrogens is 2. The van der Waals surface area contributed by atoms with Gasteiger partial charge in [-0.2, -0.15) is 0 Å². The molecule has 2 saturated heterocycles. The number of unbranched alkanes of at least 4 members (excludes halogenated alkanes) is 12. The lowest BCUT2D eigenvalue weighted by atomic mass is 10.0. The molecule has 2 aliphatic rings. The Morgan fingerprint density at radius 1 is 0.609 bits per heavy atom. The largest absolute Gasteiger partial charge is 0.481 e. The van der Waals surface area contributed by atoms with E-state index in [4.69, 9.17) is 27.7 Å². The monoisotopic (exact) mass is 1880 g/mol. The number of aromatic amines is 2. The number of amides is 15. The van der Waals surface area contributed by atoms with E-state index < -0.39 is 260 Å². The molecule has 2 aromatic heterocycles. The Labute approximate surface area is 772 Å². The van der Waals surface area contributed by atoms with Crippen LogP contribution in [0.5, 0.6) is 0 Å². The van der Waals surface area contributed by atoms with Crippen molar-refractivity contribution in [1.29, 1.82) is 5.41 Å². The van der Waals surface area contributed by atoms with Crippen LogP contribution in [0.3, 0.4) is 0 Å². The third-order valence-electron chi connectivity index (χ3n) is 22.6. The van der Waals surface area contributed by atoms with Crippen LogP contribution >= 0.6 is 0 Å². The molecule has 4 aromatic rings. The number of nitrogens with two attached hydrogens (primary N) is 3. The normalized spacial score (nSPS) is 19.0. The van der Waals surface area contributed by atoms with Gasteiger partial charge in [0.15, 0.2) is 11.7 Å². The molecule has 0 radical (unpaired) electrons. The summed E-state index contributed by atoms with van der Waals surface area (Å²) in [7, 11) is -4.13. The van der Waals surface area contributed by atoms with E-state index in [2.05, 4.69) is 84.1 Å². The number of para-hydroxylation sites is 1. The number of hydrogen-bond donors (Lipinski definition) is 23. The molecule has 45 heteroatoms. The zero-order chi connectivity index (χ0) is 97.4. The number of hydrogen-bond acceptors (Lipinski definition) is 24. The van der Waals surface area contributed by atoms with E-state index in [1.54, 1.807) is 49.5 Å². The Kier molecular flexibility index (Phi) is 48.0. The number of aliphatic carboxylic acids is 1. The molecule has 2 aliphatic heterocycles. The minimum atomic E-state index is -4.13. The molecule has 2 aromatic carbocycles. The number of ketones is 1. The molecule has 0 unspecified atom stereocenters. The Morgan fingerprint density at radius 3 is 1.83 bits per heavy atom. The summed E-state index contributed by atoms with van der Waals surface area (Å²) in [6.07, 6.45) is 11.4. The quantitative estimate of drug-likeness (QED) is 0.0129. The second-order valence-electron chi connectivity index (χ2n) is 33.5. The van der Waals surface area contributed by atoms with Crippen LogP contribution in [0.4, 0.5) is 0 Å². The van der Waals surface area contributed by atoms with Crippen molar-refractivity contribution < 1.29 is 105 Å². The number of carbonyl (C=O) groups excluding carboxylic acids is 16. The van der Waals surface area contributed by atoms with Crippen LogP contribution in [-0.2, 0) is 111 Å². The Morgan fingerprint density at radius 2 is 1.20 bits per heavy atom. The van der Waals surface area contributed by atoms with Gasteiger partial charge in [-0.15, -0.1) is 0 Å². The van der Waals surface area contributed by atoms with Crippen molar-refractivity contribution in [2.24, 2.45) is 17.2 Å². The molecule has 12 atom stereocenters. The maximum Gasteiger partial charge on any atom is 0.303 e. The number of imidazole rings is 1. The molecule has 15 amide bonds. The number of fused-ring (bicyclic) bond motifs is 2. The highest BCUT2D eigenvalue weighted by molar-refractivity contribution is 7.90. The van der Waals surface area contributed by atoms with Gasteiger partial charge in [-0.25, -0.2) is 13.4 Å². The number of benzene rings is 2. The van der Waals surface area contributed by atoms with E-state index in [9.17, 15) is 85.8 Å². The molecule has 133 heavy (non-hydrogen) atoms. The second kappa shape index (κ2) is 58.4. The smallest absolute Gasteiger partial charge is 0.303 e. The van der Waals surface area contributed by atoms with Crippen LogP contribution in [0.1, 0.15) is 217 Å². The van der Waals surface area contributed by atoms with E-state index in [0.717, 1.165) is 80.0 Å². The number of guanidine groups is 1. The summed E-state index contributed by atoms with van der Waals surface area (Å²) in [6, 6.07) is -1.57. The lowest BCUT2D eigenvalue weighted by Crippen LogP contribution is -2.62. The molecule has 734 valence electrons. The van der Waals surface area contributed by atoms with E-state index in [1.807, 2.05) is 22.9 Å². The summed E-state index contributed by atoms with van der Waals surface area (Å²) < 4.78 is 27.4. The highest BCUT2D eigenvalue weighted by atomic mass is 32.2. The number of aromatic nitrogens is 3. The molecule has 0 spiro atoms. The van der Waals surface area contributed by atoms with E-state index >= 15 is 14.4 Å². The van der Waals surface area contributed by atoms with Gasteiger partial charge in [-0.1, -0.05) is 133 Å². The zero-order valence-corrected chi connectivity index (χ0v) is 76.4. The van der Waals surface area contributed by atoms with Crippen molar-refractivity contribution in [1.82, 2.24) is 93.7 Å². The van der Waals surface area contributed by atoms with E-state index in [1.165, 1.54) is 19.4 Å².